The minimum Gasteiger partial charge on any atom is -0.377 e. The third-order valence-corrected chi connectivity index (χ3v) is 6.09. The normalized spacial score (nSPS) is 34.5. The van der Waals surface area contributed by atoms with Crippen LogP contribution >= 0.6 is 0 Å². The Morgan fingerprint density at radius 2 is 2.00 bits per heavy atom. The summed E-state index contributed by atoms with van der Waals surface area (Å²) in [6.07, 6.45) is 9.75. The average molecular weight is 301 g/mol. The molecular weight excluding hydrogens is 274 g/mol. The second-order valence-electron chi connectivity index (χ2n) is 7.13. The molecule has 1 saturated heterocycles. The molecular formula is C15H27NO3S. The van der Waals surface area contributed by atoms with Gasteiger partial charge in [0.15, 0.2) is 0 Å². The van der Waals surface area contributed by atoms with Gasteiger partial charge < -0.3 is 10.1 Å². The van der Waals surface area contributed by atoms with E-state index in [1.54, 1.807) is 0 Å². The van der Waals surface area contributed by atoms with Gasteiger partial charge in [-0.25, -0.2) is 8.42 Å². The first-order valence-corrected chi connectivity index (χ1v) is 10.1. The fourth-order valence-electron chi connectivity index (χ4n) is 3.61. The van der Waals surface area contributed by atoms with Crippen molar-refractivity contribution in [1.29, 1.82) is 0 Å². The summed E-state index contributed by atoms with van der Waals surface area (Å²) in [5.74, 6) is 1.05. The predicted molar refractivity (Wildman–Crippen MR) is 79.5 cm³/mol. The zero-order chi connectivity index (χ0) is 14.2. The second kappa shape index (κ2) is 5.58. The van der Waals surface area contributed by atoms with E-state index in [2.05, 4.69) is 5.32 Å². The van der Waals surface area contributed by atoms with Crippen molar-refractivity contribution in [2.75, 3.05) is 25.2 Å². The van der Waals surface area contributed by atoms with Crippen LogP contribution in [0.15, 0.2) is 0 Å². The second-order valence-corrected chi connectivity index (χ2v) is 9.39. The van der Waals surface area contributed by atoms with E-state index in [0.29, 0.717) is 17.9 Å². The van der Waals surface area contributed by atoms with Crippen LogP contribution in [0.3, 0.4) is 0 Å². The maximum atomic E-state index is 11.4. The van der Waals surface area contributed by atoms with Crippen molar-refractivity contribution >= 4 is 9.84 Å². The van der Waals surface area contributed by atoms with Gasteiger partial charge in [0, 0.05) is 36.6 Å². The summed E-state index contributed by atoms with van der Waals surface area (Å²) in [7, 11) is -2.84. The lowest BCUT2D eigenvalue weighted by molar-refractivity contribution is 0.0261. The molecule has 116 valence electrons. The van der Waals surface area contributed by atoms with Crippen LogP contribution in [0.4, 0.5) is 0 Å². The number of hydrogen-bond donors (Lipinski definition) is 1. The smallest absolute Gasteiger partial charge is 0.147 e. The van der Waals surface area contributed by atoms with Gasteiger partial charge in [-0.2, -0.15) is 0 Å². The molecule has 2 saturated carbocycles. The number of hydrogen-bond acceptors (Lipinski definition) is 4. The lowest BCUT2D eigenvalue weighted by Gasteiger charge is -2.35. The monoisotopic (exact) mass is 301 g/mol. The Bertz CT molecular complexity index is 442. The lowest BCUT2D eigenvalue weighted by Crippen LogP contribution is -2.42. The number of ether oxygens (including phenoxy) is 1. The van der Waals surface area contributed by atoms with E-state index in [0.717, 1.165) is 38.3 Å². The van der Waals surface area contributed by atoms with Crippen molar-refractivity contribution in [3.63, 3.8) is 0 Å². The Labute approximate surface area is 122 Å². The summed E-state index contributed by atoms with van der Waals surface area (Å²) in [6, 6.07) is 0.710. The molecule has 20 heavy (non-hydrogen) atoms. The Kier molecular flexibility index (Phi) is 4.13. The molecule has 1 N–H and O–H groups in total. The van der Waals surface area contributed by atoms with Crippen LogP contribution in [0.25, 0.3) is 0 Å². The molecule has 3 aliphatic rings. The van der Waals surface area contributed by atoms with E-state index in [-0.39, 0.29) is 5.41 Å². The van der Waals surface area contributed by atoms with E-state index < -0.39 is 9.84 Å². The molecule has 0 amide bonds. The fourth-order valence-corrected chi connectivity index (χ4v) is 4.28. The average Bonchev–Trinajstić information content (AvgIpc) is 3.26. The van der Waals surface area contributed by atoms with Crippen molar-refractivity contribution in [3.8, 4) is 0 Å². The van der Waals surface area contributed by atoms with Gasteiger partial charge in [-0.05, 0) is 50.9 Å². The van der Waals surface area contributed by atoms with Crippen molar-refractivity contribution in [1.82, 2.24) is 5.32 Å². The highest BCUT2D eigenvalue weighted by molar-refractivity contribution is 7.90. The van der Waals surface area contributed by atoms with Crippen LogP contribution in [-0.2, 0) is 14.6 Å². The highest BCUT2D eigenvalue weighted by atomic mass is 32.2. The number of rotatable bonds is 8. The summed E-state index contributed by atoms with van der Waals surface area (Å²) in [5.41, 5.74) is 0.189. The molecule has 1 heterocycles. The van der Waals surface area contributed by atoms with E-state index >= 15 is 0 Å². The van der Waals surface area contributed by atoms with E-state index in [9.17, 15) is 8.42 Å². The van der Waals surface area contributed by atoms with Gasteiger partial charge in [-0.3, -0.25) is 0 Å². The Morgan fingerprint density at radius 1 is 1.25 bits per heavy atom. The van der Waals surface area contributed by atoms with Crippen molar-refractivity contribution in [2.45, 2.75) is 57.1 Å². The van der Waals surface area contributed by atoms with Crippen molar-refractivity contribution in [3.05, 3.63) is 0 Å². The van der Waals surface area contributed by atoms with Gasteiger partial charge in [0.05, 0.1) is 6.10 Å². The maximum Gasteiger partial charge on any atom is 0.147 e. The lowest BCUT2D eigenvalue weighted by atomic mass is 9.75. The van der Waals surface area contributed by atoms with Gasteiger partial charge in [0.1, 0.15) is 9.84 Å². The molecule has 3 fully saturated rings. The summed E-state index contributed by atoms with van der Waals surface area (Å²) in [6.45, 7) is 1.87. The van der Waals surface area contributed by atoms with Crippen LogP contribution in [0.1, 0.15) is 44.9 Å². The molecule has 2 aliphatic carbocycles. The molecule has 5 heteroatoms. The van der Waals surface area contributed by atoms with Crippen LogP contribution < -0.4 is 5.32 Å². The molecule has 3 rings (SSSR count). The topological polar surface area (TPSA) is 55.4 Å². The molecule has 2 atom stereocenters. The Morgan fingerprint density at radius 3 is 2.60 bits per heavy atom. The molecule has 0 bridgehead atoms. The van der Waals surface area contributed by atoms with E-state index in [1.807, 2.05) is 0 Å². The van der Waals surface area contributed by atoms with Crippen LogP contribution in [0, 0.1) is 11.3 Å². The van der Waals surface area contributed by atoms with Gasteiger partial charge in [0.25, 0.3) is 0 Å². The molecule has 1 aliphatic heterocycles. The zero-order valence-corrected chi connectivity index (χ0v) is 13.3. The first kappa shape index (κ1) is 14.8. The predicted octanol–water partition coefficient (Wildman–Crippen LogP) is 1.75. The summed E-state index contributed by atoms with van der Waals surface area (Å²) in [5, 5.41) is 3.67. The number of nitrogens with one attached hydrogen (secondary N) is 1. The fraction of sp³-hybridized carbons (Fsp3) is 1.00. The van der Waals surface area contributed by atoms with Crippen LogP contribution in [-0.4, -0.2) is 45.7 Å². The SMILES string of the molecule is CS(=O)(=O)CCCC1(CNC2CC2)CCOC1C1CC1. The molecule has 0 aromatic rings. The van der Waals surface area contributed by atoms with Crippen molar-refractivity contribution in [2.24, 2.45) is 11.3 Å². The standard InChI is InChI=1S/C15H27NO3S/c1-20(17,18)10-2-7-15(11-16-13-5-6-13)8-9-19-14(15)12-3-4-12/h12-14,16H,2-11H2,1H3. The maximum absolute atomic E-state index is 11.4. The summed E-state index contributed by atoms with van der Waals surface area (Å²) >= 11 is 0. The zero-order valence-electron chi connectivity index (χ0n) is 12.4. The third-order valence-electron chi connectivity index (χ3n) is 5.06. The first-order valence-electron chi connectivity index (χ1n) is 8.01. The van der Waals surface area contributed by atoms with E-state index in [1.165, 1.54) is 31.9 Å². The molecule has 2 unspecified atom stereocenters. The molecule has 0 spiro atoms. The van der Waals surface area contributed by atoms with Gasteiger partial charge >= 0.3 is 0 Å². The highest BCUT2D eigenvalue weighted by Gasteiger charge is 2.50. The van der Waals surface area contributed by atoms with Crippen LogP contribution in [0.2, 0.25) is 0 Å². The first-order chi connectivity index (χ1) is 9.49. The largest absolute Gasteiger partial charge is 0.377 e. The summed E-state index contributed by atoms with van der Waals surface area (Å²) in [4.78, 5) is 0. The third kappa shape index (κ3) is 3.74. The van der Waals surface area contributed by atoms with Gasteiger partial charge in [0.2, 0.25) is 0 Å². The molecule has 0 aromatic carbocycles. The van der Waals surface area contributed by atoms with Gasteiger partial charge in [-0.1, -0.05) is 0 Å². The minimum atomic E-state index is -2.84. The molecule has 0 radical (unpaired) electrons. The van der Waals surface area contributed by atoms with E-state index in [4.69, 9.17) is 4.74 Å². The minimum absolute atomic E-state index is 0.189. The quantitative estimate of drug-likeness (QED) is 0.742. The highest BCUT2D eigenvalue weighted by Crippen LogP contribution is 2.50. The Balaban J connectivity index is 1.61. The summed E-state index contributed by atoms with van der Waals surface area (Å²) < 4.78 is 28.8. The molecule has 0 aromatic heterocycles. The Hall–Kier alpha value is -0.130. The van der Waals surface area contributed by atoms with Gasteiger partial charge in [-0.15, -0.1) is 0 Å². The molecule has 4 nitrogen and oxygen atoms in total. The van der Waals surface area contributed by atoms with Crippen LogP contribution in [0.5, 0.6) is 0 Å². The number of sulfone groups is 1. The van der Waals surface area contributed by atoms with Crippen molar-refractivity contribution < 1.29 is 13.2 Å².